The zero-order valence-electron chi connectivity index (χ0n) is 15.5. The lowest BCUT2D eigenvalue weighted by molar-refractivity contribution is -0.131. The molecule has 7 nitrogen and oxygen atoms in total. The number of methoxy groups -OCH3 is 1. The number of barbiturate groups is 1. The molecular formula is C22H17N3O4. The Kier molecular flexibility index (Phi) is 4.78. The maximum atomic E-state index is 13.0. The van der Waals surface area contributed by atoms with Crippen molar-refractivity contribution >= 4 is 46.2 Å². The Morgan fingerprint density at radius 2 is 1.69 bits per heavy atom. The molecule has 1 fully saturated rings. The van der Waals surface area contributed by atoms with E-state index in [0.717, 1.165) is 15.7 Å². The molecule has 1 heterocycles. The van der Waals surface area contributed by atoms with Crippen molar-refractivity contribution in [3.63, 3.8) is 0 Å². The van der Waals surface area contributed by atoms with Gasteiger partial charge in [0, 0.05) is 11.6 Å². The zero-order chi connectivity index (χ0) is 20.4. The van der Waals surface area contributed by atoms with E-state index in [1.807, 2.05) is 36.4 Å². The van der Waals surface area contributed by atoms with E-state index < -0.39 is 23.8 Å². The van der Waals surface area contributed by atoms with Crippen LogP contribution in [0.2, 0.25) is 0 Å². The van der Waals surface area contributed by atoms with Crippen molar-refractivity contribution in [2.75, 3.05) is 12.0 Å². The van der Waals surface area contributed by atoms with E-state index in [0.29, 0.717) is 11.4 Å². The molecular weight excluding hydrogens is 370 g/mol. The average molecular weight is 387 g/mol. The van der Waals surface area contributed by atoms with Gasteiger partial charge in [0.05, 0.1) is 18.5 Å². The Bertz CT molecular complexity index is 1150. The molecule has 144 valence electrons. The number of amides is 4. The van der Waals surface area contributed by atoms with Crippen molar-refractivity contribution in [3.05, 3.63) is 66.7 Å². The molecule has 3 aromatic carbocycles. The normalized spacial score (nSPS) is 17.1. The Morgan fingerprint density at radius 1 is 0.966 bits per heavy atom. The van der Waals surface area contributed by atoms with Crippen LogP contribution in [-0.2, 0) is 9.59 Å². The smallest absolute Gasteiger partial charge is 0.335 e. The SMILES string of the molecule is COc1ccccc1N1C(=O)NC(=O)[C@@H](C=Nc2cccc3ccccc23)C1=O. The molecule has 0 saturated carbocycles. The second-order valence-electron chi connectivity index (χ2n) is 6.39. The van der Waals surface area contributed by atoms with E-state index in [1.165, 1.54) is 13.3 Å². The summed E-state index contributed by atoms with van der Waals surface area (Å²) in [6, 6.07) is 19.1. The third-order valence-corrected chi connectivity index (χ3v) is 4.66. The molecule has 1 N–H and O–H groups in total. The molecule has 1 atom stereocenters. The van der Waals surface area contributed by atoms with Crippen molar-refractivity contribution in [3.8, 4) is 5.75 Å². The lowest BCUT2D eigenvalue weighted by Crippen LogP contribution is -2.58. The summed E-state index contributed by atoms with van der Waals surface area (Å²) in [6.45, 7) is 0. The van der Waals surface area contributed by atoms with Gasteiger partial charge in [-0.05, 0) is 23.6 Å². The van der Waals surface area contributed by atoms with Gasteiger partial charge in [0.25, 0.3) is 5.91 Å². The fourth-order valence-electron chi connectivity index (χ4n) is 3.24. The third-order valence-electron chi connectivity index (χ3n) is 4.66. The molecule has 0 bridgehead atoms. The number of anilines is 1. The Hall–Kier alpha value is -4.00. The number of ether oxygens (including phenoxy) is 1. The first-order chi connectivity index (χ1) is 14.1. The standard InChI is InChI=1S/C22H17N3O4/c1-29-19-12-5-4-11-18(19)25-21(27)16(20(26)24-22(25)28)13-23-17-10-6-8-14-7-2-3-9-15(14)17/h2-13,16H,1H3,(H,24,26,28)/t16-/m1/s1. The first-order valence-electron chi connectivity index (χ1n) is 8.94. The van der Waals surface area contributed by atoms with Crippen LogP contribution in [0.5, 0.6) is 5.75 Å². The topological polar surface area (TPSA) is 88.1 Å². The lowest BCUT2D eigenvalue weighted by atomic mass is 10.1. The van der Waals surface area contributed by atoms with Gasteiger partial charge in [-0.1, -0.05) is 48.5 Å². The van der Waals surface area contributed by atoms with Gasteiger partial charge in [-0.2, -0.15) is 0 Å². The van der Waals surface area contributed by atoms with Gasteiger partial charge in [0.2, 0.25) is 5.91 Å². The van der Waals surface area contributed by atoms with Crippen molar-refractivity contribution < 1.29 is 19.1 Å². The summed E-state index contributed by atoms with van der Waals surface area (Å²) in [5.74, 6) is -2.30. The molecule has 0 aromatic heterocycles. The van der Waals surface area contributed by atoms with Gasteiger partial charge in [0.15, 0.2) is 5.92 Å². The Labute approximate surface area is 166 Å². The van der Waals surface area contributed by atoms with E-state index in [4.69, 9.17) is 4.74 Å². The Balaban J connectivity index is 1.70. The highest BCUT2D eigenvalue weighted by Gasteiger charge is 2.41. The molecule has 29 heavy (non-hydrogen) atoms. The average Bonchev–Trinajstić information content (AvgIpc) is 2.74. The summed E-state index contributed by atoms with van der Waals surface area (Å²) in [7, 11) is 1.44. The molecule has 0 aliphatic carbocycles. The molecule has 1 aliphatic heterocycles. The number of nitrogens with one attached hydrogen (secondary N) is 1. The molecule has 0 radical (unpaired) electrons. The van der Waals surface area contributed by atoms with Crippen molar-refractivity contribution in [2.24, 2.45) is 10.9 Å². The first kappa shape index (κ1) is 18.4. The van der Waals surface area contributed by atoms with Crippen molar-refractivity contribution in [2.45, 2.75) is 0 Å². The number of fused-ring (bicyclic) bond motifs is 1. The first-order valence-corrected chi connectivity index (χ1v) is 8.94. The lowest BCUT2D eigenvalue weighted by Gasteiger charge is -2.29. The summed E-state index contributed by atoms with van der Waals surface area (Å²) in [5.41, 5.74) is 0.887. The number of imide groups is 2. The number of hydrogen-bond donors (Lipinski definition) is 1. The number of nitrogens with zero attached hydrogens (tertiary/aromatic N) is 2. The minimum absolute atomic E-state index is 0.258. The summed E-state index contributed by atoms with van der Waals surface area (Å²) in [6.07, 6.45) is 1.27. The van der Waals surface area contributed by atoms with Gasteiger partial charge in [-0.15, -0.1) is 0 Å². The largest absolute Gasteiger partial charge is 0.495 e. The fourth-order valence-corrected chi connectivity index (χ4v) is 3.24. The number of para-hydroxylation sites is 2. The molecule has 7 heteroatoms. The van der Waals surface area contributed by atoms with Crippen molar-refractivity contribution in [1.29, 1.82) is 0 Å². The number of aliphatic imine (C=N–C) groups is 1. The monoisotopic (exact) mass is 387 g/mol. The molecule has 4 rings (SSSR count). The van der Waals surface area contributed by atoms with E-state index in [9.17, 15) is 14.4 Å². The summed E-state index contributed by atoms with van der Waals surface area (Å²) < 4.78 is 5.24. The van der Waals surface area contributed by atoms with Gasteiger partial charge in [-0.25, -0.2) is 9.69 Å². The predicted octanol–water partition coefficient (Wildman–Crippen LogP) is 3.45. The third kappa shape index (κ3) is 3.34. The van der Waals surface area contributed by atoms with E-state index in [-0.39, 0.29) is 5.69 Å². The zero-order valence-corrected chi connectivity index (χ0v) is 15.5. The summed E-state index contributed by atoms with van der Waals surface area (Å²) in [5, 5.41) is 4.10. The van der Waals surface area contributed by atoms with E-state index in [2.05, 4.69) is 10.3 Å². The van der Waals surface area contributed by atoms with Crippen LogP contribution >= 0.6 is 0 Å². The van der Waals surface area contributed by atoms with Crippen molar-refractivity contribution in [1.82, 2.24) is 5.32 Å². The van der Waals surface area contributed by atoms with Gasteiger partial charge in [0.1, 0.15) is 5.75 Å². The van der Waals surface area contributed by atoms with Crippen LogP contribution in [0.15, 0.2) is 71.7 Å². The minimum Gasteiger partial charge on any atom is -0.495 e. The van der Waals surface area contributed by atoms with E-state index in [1.54, 1.807) is 30.3 Å². The van der Waals surface area contributed by atoms with Gasteiger partial charge >= 0.3 is 6.03 Å². The quantitative estimate of drug-likeness (QED) is 0.549. The highest BCUT2D eigenvalue weighted by atomic mass is 16.5. The van der Waals surface area contributed by atoms with Crippen LogP contribution in [0.25, 0.3) is 10.8 Å². The molecule has 0 spiro atoms. The van der Waals surface area contributed by atoms with Crippen LogP contribution in [0, 0.1) is 5.92 Å². The number of hydrogen-bond acceptors (Lipinski definition) is 5. The predicted molar refractivity (Wildman–Crippen MR) is 110 cm³/mol. The van der Waals surface area contributed by atoms with Crippen LogP contribution in [-0.4, -0.2) is 31.2 Å². The maximum absolute atomic E-state index is 13.0. The second-order valence-corrected chi connectivity index (χ2v) is 6.39. The highest BCUT2D eigenvalue weighted by molar-refractivity contribution is 6.33. The number of urea groups is 1. The minimum atomic E-state index is -1.24. The number of carbonyl (C=O) groups excluding carboxylic acids is 3. The number of rotatable bonds is 4. The highest BCUT2D eigenvalue weighted by Crippen LogP contribution is 2.31. The Morgan fingerprint density at radius 3 is 2.52 bits per heavy atom. The van der Waals surface area contributed by atoms with Crippen LogP contribution in [0.4, 0.5) is 16.2 Å². The molecule has 0 unspecified atom stereocenters. The van der Waals surface area contributed by atoms with E-state index >= 15 is 0 Å². The molecule has 1 saturated heterocycles. The second kappa shape index (κ2) is 7.55. The fraction of sp³-hybridized carbons (Fsp3) is 0.0909. The van der Waals surface area contributed by atoms with Gasteiger partial charge < -0.3 is 4.74 Å². The summed E-state index contributed by atoms with van der Waals surface area (Å²) in [4.78, 5) is 43.0. The van der Waals surface area contributed by atoms with Crippen LogP contribution in [0.3, 0.4) is 0 Å². The molecule has 1 aliphatic rings. The number of carbonyl (C=O) groups is 3. The van der Waals surface area contributed by atoms with Gasteiger partial charge in [-0.3, -0.25) is 19.9 Å². The van der Waals surface area contributed by atoms with Crippen LogP contribution < -0.4 is 15.0 Å². The maximum Gasteiger partial charge on any atom is 0.335 e. The molecule has 4 amide bonds. The number of benzene rings is 3. The molecule has 3 aromatic rings. The van der Waals surface area contributed by atoms with Crippen LogP contribution in [0.1, 0.15) is 0 Å². The summed E-state index contributed by atoms with van der Waals surface area (Å²) >= 11 is 0.